The second-order valence-electron chi connectivity index (χ2n) is 10.4. The Kier molecular flexibility index (Phi) is 7.44. The minimum absolute atomic E-state index is 0.723. The van der Waals surface area contributed by atoms with Gasteiger partial charge in [0.05, 0.1) is 5.69 Å². The second kappa shape index (κ2) is 10.9. The topological polar surface area (TPSA) is 60.7 Å². The number of hydrogen-bond acceptors (Lipinski definition) is 7. The quantitative estimate of drug-likeness (QED) is 0.362. The number of piperazine rings is 1. The van der Waals surface area contributed by atoms with Gasteiger partial charge in [0.2, 0.25) is 0 Å². The summed E-state index contributed by atoms with van der Waals surface area (Å²) in [7, 11) is 4.27. The molecule has 37 heavy (non-hydrogen) atoms. The number of nitrogens with one attached hydrogen (secondary N) is 1. The molecule has 0 aliphatic carbocycles. The van der Waals surface area contributed by atoms with Crippen LogP contribution in [0.4, 0.5) is 11.6 Å². The number of pyridine rings is 1. The number of anilines is 2. The van der Waals surface area contributed by atoms with E-state index in [0.717, 1.165) is 85.4 Å². The van der Waals surface area contributed by atoms with E-state index < -0.39 is 0 Å². The Morgan fingerprint density at radius 2 is 1.78 bits per heavy atom. The molecule has 0 atom stereocenters. The van der Waals surface area contributed by atoms with Crippen LogP contribution in [0.25, 0.3) is 21.9 Å². The van der Waals surface area contributed by atoms with E-state index >= 15 is 0 Å². The van der Waals surface area contributed by atoms with Gasteiger partial charge in [0.15, 0.2) is 0 Å². The molecule has 3 heterocycles. The van der Waals surface area contributed by atoms with Gasteiger partial charge in [-0.05, 0) is 63.5 Å². The third-order valence-corrected chi connectivity index (χ3v) is 7.24. The number of rotatable bonds is 8. The monoisotopic (exact) mass is 498 g/mol. The maximum absolute atomic E-state index is 5.45. The lowest BCUT2D eigenvalue weighted by Crippen LogP contribution is -2.48. The van der Waals surface area contributed by atoms with Crippen molar-refractivity contribution in [1.29, 1.82) is 0 Å². The summed E-state index contributed by atoms with van der Waals surface area (Å²) in [5.41, 5.74) is 5.58. The molecule has 0 bridgehead atoms. The Morgan fingerprint density at radius 1 is 0.973 bits per heavy atom. The van der Waals surface area contributed by atoms with Crippen molar-refractivity contribution in [2.24, 2.45) is 0 Å². The Balaban J connectivity index is 1.46. The fraction of sp³-hybridized carbons (Fsp3) is 0.400. The van der Waals surface area contributed by atoms with Crippen LogP contribution in [-0.4, -0.2) is 73.3 Å². The molecule has 4 aromatic rings. The molecule has 1 fully saturated rings. The normalized spacial score (nSPS) is 14.6. The molecular weight excluding hydrogens is 460 g/mol. The summed E-state index contributed by atoms with van der Waals surface area (Å²) in [6.45, 7) is 13.1. The van der Waals surface area contributed by atoms with Gasteiger partial charge in [-0.2, -0.15) is 0 Å². The fourth-order valence-corrected chi connectivity index (χ4v) is 5.13. The summed E-state index contributed by atoms with van der Waals surface area (Å²) in [5, 5.41) is 10.1. The van der Waals surface area contributed by atoms with E-state index in [9.17, 15) is 0 Å². The lowest BCUT2D eigenvalue weighted by atomic mass is 10.0. The molecule has 1 saturated heterocycles. The number of fused-ring (bicyclic) bond motifs is 1. The van der Waals surface area contributed by atoms with Crippen molar-refractivity contribution in [3.8, 4) is 11.1 Å². The van der Waals surface area contributed by atoms with Crippen LogP contribution in [0.1, 0.15) is 22.6 Å². The van der Waals surface area contributed by atoms with Crippen molar-refractivity contribution in [2.75, 3.05) is 63.6 Å². The first kappa shape index (κ1) is 25.2. The van der Waals surface area contributed by atoms with E-state index in [0.29, 0.717) is 0 Å². The Morgan fingerprint density at radius 3 is 2.49 bits per heavy atom. The molecule has 2 aromatic heterocycles. The second-order valence-corrected chi connectivity index (χ2v) is 10.4. The van der Waals surface area contributed by atoms with Crippen molar-refractivity contribution in [3.05, 3.63) is 71.1 Å². The molecule has 2 aromatic carbocycles. The first-order valence-electron chi connectivity index (χ1n) is 13.2. The van der Waals surface area contributed by atoms with Gasteiger partial charge in [-0.3, -0.25) is 4.90 Å². The van der Waals surface area contributed by atoms with Gasteiger partial charge < -0.3 is 19.6 Å². The van der Waals surface area contributed by atoms with Crippen LogP contribution >= 0.6 is 0 Å². The highest BCUT2D eigenvalue weighted by molar-refractivity contribution is 5.97. The summed E-state index contributed by atoms with van der Waals surface area (Å²) in [5.74, 6) is 2.79. The zero-order chi connectivity index (χ0) is 25.9. The maximum atomic E-state index is 5.45. The van der Waals surface area contributed by atoms with Gasteiger partial charge in [-0.1, -0.05) is 47.1 Å². The molecule has 194 valence electrons. The molecule has 7 nitrogen and oxygen atoms in total. The highest BCUT2D eigenvalue weighted by Crippen LogP contribution is 2.34. The summed E-state index contributed by atoms with van der Waals surface area (Å²) < 4.78 is 5.45. The van der Waals surface area contributed by atoms with Gasteiger partial charge in [0.1, 0.15) is 17.4 Å². The Labute approximate surface area is 220 Å². The minimum atomic E-state index is 0.723. The van der Waals surface area contributed by atoms with Crippen LogP contribution in [-0.2, 0) is 6.54 Å². The molecule has 1 aliphatic rings. The predicted molar refractivity (Wildman–Crippen MR) is 152 cm³/mol. The molecule has 0 amide bonds. The van der Waals surface area contributed by atoms with Crippen LogP contribution in [0.15, 0.2) is 53.1 Å². The van der Waals surface area contributed by atoms with Crippen molar-refractivity contribution >= 4 is 22.4 Å². The number of likely N-dealkylation sites (N-methyl/N-ethyl adjacent to an activating group) is 1. The number of hydrogen-bond donors (Lipinski definition) is 1. The van der Waals surface area contributed by atoms with Crippen LogP contribution in [0, 0.1) is 20.8 Å². The van der Waals surface area contributed by atoms with Gasteiger partial charge in [-0.15, -0.1) is 0 Å². The fourth-order valence-electron chi connectivity index (χ4n) is 5.13. The molecule has 1 N–H and O–H groups in total. The molecule has 0 spiro atoms. The van der Waals surface area contributed by atoms with Crippen molar-refractivity contribution in [2.45, 2.75) is 27.3 Å². The first-order chi connectivity index (χ1) is 17.9. The maximum Gasteiger partial charge on any atom is 0.141 e. The number of nitrogens with zero attached hydrogens (tertiary/aromatic N) is 5. The summed E-state index contributed by atoms with van der Waals surface area (Å²) in [6.07, 6.45) is 0. The average Bonchev–Trinajstić information content (AvgIpc) is 3.23. The van der Waals surface area contributed by atoms with Crippen molar-refractivity contribution in [3.63, 3.8) is 0 Å². The zero-order valence-corrected chi connectivity index (χ0v) is 22.7. The first-order valence-corrected chi connectivity index (χ1v) is 13.2. The van der Waals surface area contributed by atoms with Gasteiger partial charge in [-0.25, -0.2) is 4.98 Å². The van der Waals surface area contributed by atoms with E-state index in [1.807, 2.05) is 13.8 Å². The average molecular weight is 499 g/mol. The SMILES string of the molecule is Cc1cccc(CNc2nc(N3CCN(CCN(C)C)CC3)cc3ccc(-c4c(C)noc4C)cc23)c1. The molecule has 0 radical (unpaired) electrons. The van der Waals surface area contributed by atoms with E-state index in [1.54, 1.807) is 0 Å². The van der Waals surface area contributed by atoms with Gasteiger partial charge >= 0.3 is 0 Å². The lowest BCUT2D eigenvalue weighted by molar-refractivity contribution is 0.229. The zero-order valence-electron chi connectivity index (χ0n) is 22.7. The van der Waals surface area contributed by atoms with E-state index in [4.69, 9.17) is 9.51 Å². The van der Waals surface area contributed by atoms with E-state index in [2.05, 4.69) is 94.7 Å². The summed E-state index contributed by atoms with van der Waals surface area (Å²) in [6, 6.07) is 17.5. The Bertz CT molecular complexity index is 1350. The van der Waals surface area contributed by atoms with Gasteiger partial charge in [0.25, 0.3) is 0 Å². The van der Waals surface area contributed by atoms with Crippen molar-refractivity contribution in [1.82, 2.24) is 19.9 Å². The van der Waals surface area contributed by atoms with Gasteiger partial charge in [0, 0.05) is 56.8 Å². The minimum Gasteiger partial charge on any atom is -0.365 e. The molecule has 5 rings (SSSR count). The van der Waals surface area contributed by atoms with Crippen LogP contribution in [0.5, 0.6) is 0 Å². The molecule has 0 saturated carbocycles. The highest BCUT2D eigenvalue weighted by Gasteiger charge is 2.20. The highest BCUT2D eigenvalue weighted by atomic mass is 16.5. The van der Waals surface area contributed by atoms with E-state index in [-0.39, 0.29) is 0 Å². The number of benzene rings is 2. The third kappa shape index (κ3) is 5.78. The van der Waals surface area contributed by atoms with Crippen LogP contribution in [0.3, 0.4) is 0 Å². The molecule has 7 heteroatoms. The summed E-state index contributed by atoms with van der Waals surface area (Å²) >= 11 is 0. The van der Waals surface area contributed by atoms with E-state index in [1.165, 1.54) is 16.5 Å². The predicted octanol–water partition coefficient (Wildman–Crippen LogP) is 5.11. The molecule has 0 unspecified atom stereocenters. The summed E-state index contributed by atoms with van der Waals surface area (Å²) in [4.78, 5) is 12.4. The Hall–Kier alpha value is -3.42. The molecular formula is C30H38N6O. The third-order valence-electron chi connectivity index (χ3n) is 7.24. The van der Waals surface area contributed by atoms with Crippen molar-refractivity contribution < 1.29 is 4.52 Å². The smallest absolute Gasteiger partial charge is 0.141 e. The standard InChI is InChI=1S/C30H38N6O/c1-21-7-6-8-24(17-21)20-31-30-27-18-26(29-22(2)33-37-23(29)3)10-9-25(27)19-28(32-30)36-15-13-35(14-16-36)12-11-34(4)5/h6-10,17-19H,11-16,20H2,1-5H3,(H,31,32). The van der Waals surface area contributed by atoms with Crippen LogP contribution in [0.2, 0.25) is 0 Å². The number of aromatic nitrogens is 2. The largest absolute Gasteiger partial charge is 0.365 e. The van der Waals surface area contributed by atoms with Crippen LogP contribution < -0.4 is 10.2 Å². The lowest BCUT2D eigenvalue weighted by Gasteiger charge is -2.36. The number of aryl methyl sites for hydroxylation is 3. The molecule has 1 aliphatic heterocycles.